The van der Waals surface area contributed by atoms with Crippen LogP contribution in [0.2, 0.25) is 0 Å². The summed E-state index contributed by atoms with van der Waals surface area (Å²) in [5.74, 6) is -1.52. The van der Waals surface area contributed by atoms with Gasteiger partial charge in [0.15, 0.2) is 0 Å². The lowest BCUT2D eigenvalue weighted by Gasteiger charge is -2.28. The van der Waals surface area contributed by atoms with Gasteiger partial charge in [0, 0.05) is 5.56 Å². The first-order chi connectivity index (χ1) is 9.74. The van der Waals surface area contributed by atoms with Gasteiger partial charge in [-0.25, -0.2) is 4.79 Å². The molecule has 1 aromatic rings. The predicted octanol–water partition coefficient (Wildman–Crippen LogP) is 3.74. The highest BCUT2D eigenvalue weighted by molar-refractivity contribution is 5.95. The Morgan fingerprint density at radius 1 is 1.38 bits per heavy atom. The third-order valence-electron chi connectivity index (χ3n) is 3.28. The van der Waals surface area contributed by atoms with E-state index < -0.39 is 23.8 Å². The van der Waals surface area contributed by atoms with Crippen molar-refractivity contribution in [1.82, 2.24) is 0 Å². The summed E-state index contributed by atoms with van der Waals surface area (Å²) in [6.07, 6.45) is -4.48. The van der Waals surface area contributed by atoms with Crippen LogP contribution in [-0.2, 0) is 11.2 Å². The minimum absolute atomic E-state index is 0.0992. The first-order valence-electron chi connectivity index (χ1n) is 6.55. The lowest BCUT2D eigenvalue weighted by molar-refractivity contribution is -0.187. The lowest BCUT2D eigenvalue weighted by Crippen LogP contribution is -2.40. The standard InChI is InChI=1S/C15H15F3O3/c1-3-4-9-5-8(2)12-10(6-9)7-11(14(19)20)13(21-12)15(16,17)18/h5-7,13H,3-4H2,1-2H3,(H,19,20). The van der Waals surface area contributed by atoms with Gasteiger partial charge in [-0.05, 0) is 36.6 Å². The number of aryl methyl sites for hydroxylation is 2. The number of rotatable bonds is 3. The summed E-state index contributed by atoms with van der Waals surface area (Å²) in [4.78, 5) is 11.1. The molecule has 0 aliphatic carbocycles. The van der Waals surface area contributed by atoms with Crippen LogP contribution in [0.5, 0.6) is 5.75 Å². The van der Waals surface area contributed by atoms with Crippen molar-refractivity contribution in [2.45, 2.75) is 39.0 Å². The number of carbonyl (C=O) groups is 1. The molecule has 0 fully saturated rings. The molecular weight excluding hydrogens is 285 g/mol. The molecule has 1 heterocycles. The highest BCUT2D eigenvalue weighted by atomic mass is 19.4. The van der Waals surface area contributed by atoms with Gasteiger partial charge in [0.2, 0.25) is 6.10 Å². The van der Waals surface area contributed by atoms with E-state index in [4.69, 9.17) is 9.84 Å². The fourth-order valence-electron chi connectivity index (χ4n) is 2.42. The predicted molar refractivity (Wildman–Crippen MR) is 71.3 cm³/mol. The van der Waals surface area contributed by atoms with Gasteiger partial charge in [0.1, 0.15) is 5.75 Å². The van der Waals surface area contributed by atoms with E-state index in [1.165, 1.54) is 0 Å². The van der Waals surface area contributed by atoms with Gasteiger partial charge in [-0.3, -0.25) is 0 Å². The molecular formula is C15H15F3O3. The first kappa shape index (κ1) is 15.4. The van der Waals surface area contributed by atoms with Crippen LogP contribution in [0.3, 0.4) is 0 Å². The van der Waals surface area contributed by atoms with Crippen molar-refractivity contribution in [3.05, 3.63) is 34.4 Å². The molecule has 0 amide bonds. The number of alkyl halides is 3. The molecule has 1 unspecified atom stereocenters. The molecule has 1 N–H and O–H groups in total. The molecule has 1 aliphatic rings. The van der Waals surface area contributed by atoms with Crippen LogP contribution in [0.1, 0.15) is 30.0 Å². The third kappa shape index (κ3) is 3.04. The van der Waals surface area contributed by atoms with Crippen molar-refractivity contribution in [1.29, 1.82) is 0 Å². The van der Waals surface area contributed by atoms with Gasteiger partial charge in [-0.1, -0.05) is 19.4 Å². The summed E-state index contributed by atoms with van der Waals surface area (Å²) in [7, 11) is 0. The summed E-state index contributed by atoms with van der Waals surface area (Å²) < 4.78 is 43.8. The SMILES string of the molecule is CCCc1cc(C)c2c(c1)C=C(C(=O)O)C(C(F)(F)F)O2. The second kappa shape index (κ2) is 5.42. The smallest absolute Gasteiger partial charge is 0.430 e. The highest BCUT2D eigenvalue weighted by Crippen LogP contribution is 2.39. The molecule has 0 saturated heterocycles. The number of ether oxygens (including phenoxy) is 1. The number of benzene rings is 1. The summed E-state index contributed by atoms with van der Waals surface area (Å²) in [5.41, 5.74) is 1.12. The lowest BCUT2D eigenvalue weighted by atomic mass is 9.96. The minimum Gasteiger partial charge on any atom is -0.478 e. The second-order valence-corrected chi connectivity index (χ2v) is 5.03. The Morgan fingerprint density at radius 2 is 2.05 bits per heavy atom. The van der Waals surface area contributed by atoms with E-state index in [0.29, 0.717) is 11.1 Å². The van der Waals surface area contributed by atoms with E-state index in [9.17, 15) is 18.0 Å². The van der Waals surface area contributed by atoms with Crippen molar-refractivity contribution >= 4 is 12.0 Å². The number of hydrogen-bond acceptors (Lipinski definition) is 2. The summed E-state index contributed by atoms with van der Waals surface area (Å²) in [5, 5.41) is 8.99. The third-order valence-corrected chi connectivity index (χ3v) is 3.28. The molecule has 114 valence electrons. The topological polar surface area (TPSA) is 46.5 Å². The Kier molecular flexibility index (Phi) is 3.98. The Labute approximate surface area is 120 Å². The van der Waals surface area contributed by atoms with Gasteiger partial charge in [-0.2, -0.15) is 13.2 Å². The van der Waals surface area contributed by atoms with Crippen molar-refractivity contribution in [2.24, 2.45) is 0 Å². The van der Waals surface area contributed by atoms with Crippen molar-refractivity contribution < 1.29 is 27.8 Å². The van der Waals surface area contributed by atoms with Crippen molar-refractivity contribution in [3.63, 3.8) is 0 Å². The van der Waals surface area contributed by atoms with E-state index in [2.05, 4.69) is 0 Å². The van der Waals surface area contributed by atoms with Gasteiger partial charge < -0.3 is 9.84 Å². The Morgan fingerprint density at radius 3 is 2.57 bits per heavy atom. The zero-order valence-corrected chi connectivity index (χ0v) is 11.6. The molecule has 0 saturated carbocycles. The maximum Gasteiger partial charge on any atom is 0.430 e. The molecule has 1 aliphatic heterocycles. The molecule has 0 bridgehead atoms. The first-order valence-corrected chi connectivity index (χ1v) is 6.55. The minimum atomic E-state index is -4.77. The number of carboxylic acids is 1. The number of aliphatic carboxylic acids is 1. The van der Waals surface area contributed by atoms with E-state index in [1.54, 1.807) is 19.1 Å². The van der Waals surface area contributed by atoms with Crippen molar-refractivity contribution in [3.8, 4) is 5.75 Å². The largest absolute Gasteiger partial charge is 0.478 e. The van der Waals surface area contributed by atoms with Crippen LogP contribution in [0.15, 0.2) is 17.7 Å². The Balaban J connectivity index is 2.55. The zero-order valence-electron chi connectivity index (χ0n) is 11.6. The summed E-state index contributed by atoms with van der Waals surface area (Å²) in [6.45, 7) is 3.65. The van der Waals surface area contributed by atoms with E-state index in [0.717, 1.165) is 24.5 Å². The Bertz CT molecular complexity index is 603. The quantitative estimate of drug-likeness (QED) is 0.925. The second-order valence-electron chi connectivity index (χ2n) is 5.03. The molecule has 2 rings (SSSR count). The van der Waals surface area contributed by atoms with Crippen molar-refractivity contribution in [2.75, 3.05) is 0 Å². The fourth-order valence-corrected chi connectivity index (χ4v) is 2.42. The van der Waals surface area contributed by atoms with Gasteiger partial charge >= 0.3 is 12.1 Å². The van der Waals surface area contributed by atoms with E-state index >= 15 is 0 Å². The molecule has 21 heavy (non-hydrogen) atoms. The fraction of sp³-hybridized carbons (Fsp3) is 0.400. The van der Waals surface area contributed by atoms with Gasteiger partial charge in [0.25, 0.3) is 0 Å². The molecule has 0 radical (unpaired) electrons. The Hall–Kier alpha value is -1.98. The average Bonchev–Trinajstić information content (AvgIpc) is 2.36. The maximum atomic E-state index is 12.9. The average molecular weight is 300 g/mol. The van der Waals surface area contributed by atoms with Gasteiger partial charge in [-0.15, -0.1) is 0 Å². The molecule has 0 aromatic heterocycles. The molecule has 0 spiro atoms. The van der Waals surface area contributed by atoms with E-state index in [1.807, 2.05) is 6.92 Å². The number of hydrogen-bond donors (Lipinski definition) is 1. The zero-order chi connectivity index (χ0) is 15.8. The molecule has 6 heteroatoms. The normalized spacial score (nSPS) is 17.8. The summed E-state index contributed by atoms with van der Waals surface area (Å²) >= 11 is 0. The monoisotopic (exact) mass is 300 g/mol. The van der Waals surface area contributed by atoms with Crippen LogP contribution in [0.4, 0.5) is 13.2 Å². The summed E-state index contributed by atoms with van der Waals surface area (Å²) in [6, 6.07) is 3.46. The van der Waals surface area contributed by atoms with Gasteiger partial charge in [0.05, 0.1) is 5.57 Å². The van der Waals surface area contributed by atoms with Crippen LogP contribution in [0.25, 0.3) is 6.08 Å². The highest BCUT2D eigenvalue weighted by Gasteiger charge is 2.48. The van der Waals surface area contributed by atoms with Crippen LogP contribution in [-0.4, -0.2) is 23.4 Å². The maximum absolute atomic E-state index is 12.9. The van der Waals surface area contributed by atoms with E-state index in [-0.39, 0.29) is 5.75 Å². The molecule has 3 nitrogen and oxygen atoms in total. The number of fused-ring (bicyclic) bond motifs is 1. The van der Waals surface area contributed by atoms with Crippen LogP contribution < -0.4 is 4.74 Å². The number of halogens is 3. The molecule has 1 aromatic carbocycles. The van der Waals surface area contributed by atoms with Crippen LogP contribution in [0, 0.1) is 6.92 Å². The van der Waals surface area contributed by atoms with Crippen LogP contribution >= 0.6 is 0 Å². The number of carboxylic acid groups (broad SMARTS) is 1. The molecule has 1 atom stereocenters.